The molecule has 1 heterocycles. The fourth-order valence-corrected chi connectivity index (χ4v) is 3.77. The molecule has 0 fully saturated rings. The van der Waals surface area contributed by atoms with Gasteiger partial charge in [-0.1, -0.05) is 12.1 Å². The first kappa shape index (κ1) is 20.9. The van der Waals surface area contributed by atoms with E-state index in [1.54, 1.807) is 30.3 Å². The van der Waals surface area contributed by atoms with Crippen LogP contribution in [0.25, 0.3) is 22.2 Å². The molecule has 2 N–H and O–H groups in total. The van der Waals surface area contributed by atoms with Gasteiger partial charge in [-0.05, 0) is 82.0 Å². The predicted molar refractivity (Wildman–Crippen MR) is 114 cm³/mol. The van der Waals surface area contributed by atoms with Gasteiger partial charge in [0.05, 0.1) is 15.6 Å². The Bertz CT molecular complexity index is 1370. The summed E-state index contributed by atoms with van der Waals surface area (Å²) in [6, 6.07) is 12.9. The van der Waals surface area contributed by atoms with Gasteiger partial charge in [-0.2, -0.15) is 13.2 Å². The highest BCUT2D eigenvalue weighted by molar-refractivity contribution is 9.10. The number of fused-ring (bicyclic) bond motifs is 1. The van der Waals surface area contributed by atoms with E-state index in [1.165, 1.54) is 12.1 Å². The van der Waals surface area contributed by atoms with E-state index in [0.717, 1.165) is 28.8 Å². The van der Waals surface area contributed by atoms with Crippen molar-refractivity contribution in [2.45, 2.75) is 13.1 Å². The summed E-state index contributed by atoms with van der Waals surface area (Å²) in [6.07, 6.45) is -4.53. The lowest BCUT2D eigenvalue weighted by atomic mass is 9.99. The molecule has 0 aliphatic rings. The van der Waals surface area contributed by atoms with Crippen LogP contribution in [0.3, 0.4) is 0 Å². The second-order valence-corrected chi connectivity index (χ2v) is 7.77. The van der Waals surface area contributed by atoms with Gasteiger partial charge >= 0.3 is 11.9 Å². The van der Waals surface area contributed by atoms with Crippen molar-refractivity contribution in [2.24, 2.45) is 0 Å². The first-order valence-electron chi connectivity index (χ1n) is 9.04. The van der Waals surface area contributed by atoms with E-state index in [4.69, 9.17) is 4.42 Å². The maximum absolute atomic E-state index is 12.9. The summed E-state index contributed by atoms with van der Waals surface area (Å²) in [5, 5.41) is 2.64. The Labute approximate surface area is 182 Å². The lowest BCUT2D eigenvalue weighted by Crippen LogP contribution is -2.14. The van der Waals surface area contributed by atoms with Crippen molar-refractivity contribution in [2.75, 3.05) is 5.32 Å². The van der Waals surface area contributed by atoms with Crippen molar-refractivity contribution in [3.63, 3.8) is 0 Å². The maximum Gasteiger partial charge on any atom is 0.417 e. The molecule has 1 amide bonds. The van der Waals surface area contributed by atoms with Crippen LogP contribution in [0, 0.1) is 6.92 Å². The van der Waals surface area contributed by atoms with Crippen LogP contribution in [-0.2, 0) is 6.18 Å². The molecule has 31 heavy (non-hydrogen) atoms. The Balaban J connectivity index is 1.67. The molecule has 0 atom stereocenters. The van der Waals surface area contributed by atoms with Crippen molar-refractivity contribution in [1.29, 1.82) is 0 Å². The monoisotopic (exact) mass is 490 g/mol. The average molecular weight is 491 g/mol. The minimum Gasteiger partial charge on any atom is -0.407 e. The fourth-order valence-electron chi connectivity index (χ4n) is 3.22. The molecule has 1 aromatic heterocycles. The molecular formula is C22H14BrF3N2O3. The molecule has 4 rings (SSSR count). The van der Waals surface area contributed by atoms with Gasteiger partial charge in [-0.25, -0.2) is 4.79 Å². The zero-order valence-electron chi connectivity index (χ0n) is 15.9. The second-order valence-electron chi connectivity index (χ2n) is 6.91. The van der Waals surface area contributed by atoms with Gasteiger partial charge < -0.3 is 9.73 Å². The number of anilines is 1. The Morgan fingerprint density at radius 3 is 2.61 bits per heavy atom. The molecule has 5 nitrogen and oxygen atoms in total. The Hall–Kier alpha value is -3.33. The molecule has 0 aliphatic heterocycles. The molecule has 4 aromatic rings. The number of benzene rings is 3. The van der Waals surface area contributed by atoms with Crippen LogP contribution in [0.15, 0.2) is 68.3 Å². The summed E-state index contributed by atoms with van der Waals surface area (Å²) < 4.78 is 44.4. The van der Waals surface area contributed by atoms with Gasteiger partial charge in [0.25, 0.3) is 5.91 Å². The third-order valence-electron chi connectivity index (χ3n) is 4.73. The summed E-state index contributed by atoms with van der Waals surface area (Å²) in [5.74, 6) is -1.23. The highest BCUT2D eigenvalue weighted by atomic mass is 79.9. The van der Waals surface area contributed by atoms with Crippen molar-refractivity contribution in [1.82, 2.24) is 4.98 Å². The maximum atomic E-state index is 12.9. The van der Waals surface area contributed by atoms with Crippen molar-refractivity contribution >= 4 is 38.6 Å². The van der Waals surface area contributed by atoms with Crippen LogP contribution in [0.1, 0.15) is 21.5 Å². The number of hydrogen-bond donors (Lipinski definition) is 2. The van der Waals surface area contributed by atoms with Crippen molar-refractivity contribution < 1.29 is 22.4 Å². The zero-order chi connectivity index (χ0) is 22.3. The number of halogens is 4. The lowest BCUT2D eigenvalue weighted by Gasteiger charge is -2.12. The number of amides is 1. The second kappa shape index (κ2) is 7.73. The van der Waals surface area contributed by atoms with Crippen LogP contribution >= 0.6 is 15.9 Å². The van der Waals surface area contributed by atoms with E-state index < -0.39 is 23.4 Å². The molecule has 0 radical (unpaired) electrons. The Kier molecular flexibility index (Phi) is 5.22. The molecule has 0 unspecified atom stereocenters. The van der Waals surface area contributed by atoms with Crippen LogP contribution in [0.2, 0.25) is 0 Å². The lowest BCUT2D eigenvalue weighted by molar-refractivity contribution is -0.137. The molecule has 0 bridgehead atoms. The quantitative estimate of drug-likeness (QED) is 0.362. The number of aromatic nitrogens is 1. The number of rotatable bonds is 3. The molecule has 0 saturated heterocycles. The normalized spacial score (nSPS) is 11.6. The number of alkyl halides is 3. The highest BCUT2D eigenvalue weighted by Crippen LogP contribution is 2.33. The molecular weight excluding hydrogens is 477 g/mol. The van der Waals surface area contributed by atoms with Crippen LogP contribution < -0.4 is 11.1 Å². The number of nitrogens with one attached hydrogen (secondary N) is 2. The number of hydrogen-bond acceptors (Lipinski definition) is 3. The Morgan fingerprint density at radius 2 is 1.87 bits per heavy atom. The van der Waals surface area contributed by atoms with E-state index in [2.05, 4.69) is 26.2 Å². The largest absolute Gasteiger partial charge is 0.417 e. The topological polar surface area (TPSA) is 75.1 Å². The summed E-state index contributed by atoms with van der Waals surface area (Å²) in [7, 11) is 0. The fraction of sp³-hybridized carbons (Fsp3) is 0.0909. The summed E-state index contributed by atoms with van der Waals surface area (Å²) in [6.45, 7) is 1.88. The smallest absolute Gasteiger partial charge is 0.407 e. The minimum atomic E-state index is -4.53. The first-order valence-corrected chi connectivity index (χ1v) is 9.83. The third kappa shape index (κ3) is 4.27. The standard InChI is InChI=1S/C22H14BrF3N2O3/c1-11-5-6-15(27-20(29)12-3-2-4-14(7-12)22(24,25)26)10-16(11)13-8-17(23)19-18(9-13)28-21(30)31-19/h2-10H,1H3,(H,27,29)(H,28,30). The number of aryl methyl sites for hydroxylation is 1. The van der Waals surface area contributed by atoms with Crippen LogP contribution in [0.5, 0.6) is 0 Å². The minimum absolute atomic E-state index is 0.0999. The molecule has 0 aliphatic carbocycles. The summed E-state index contributed by atoms with van der Waals surface area (Å²) in [4.78, 5) is 26.6. The number of aromatic amines is 1. The van der Waals surface area contributed by atoms with Gasteiger partial charge in [0.15, 0.2) is 5.58 Å². The molecule has 9 heteroatoms. The van der Waals surface area contributed by atoms with Crippen molar-refractivity contribution in [3.8, 4) is 11.1 Å². The van der Waals surface area contributed by atoms with E-state index >= 15 is 0 Å². The van der Waals surface area contributed by atoms with Gasteiger partial charge in [0, 0.05) is 11.3 Å². The van der Waals surface area contributed by atoms with E-state index in [9.17, 15) is 22.8 Å². The third-order valence-corrected chi connectivity index (χ3v) is 5.32. The molecule has 0 spiro atoms. The number of oxazole rings is 1. The zero-order valence-corrected chi connectivity index (χ0v) is 17.5. The molecule has 0 saturated carbocycles. The van der Waals surface area contributed by atoms with Crippen LogP contribution in [-0.4, -0.2) is 10.9 Å². The predicted octanol–water partition coefficient (Wildman–Crippen LogP) is 6.13. The van der Waals surface area contributed by atoms with Crippen LogP contribution in [0.4, 0.5) is 18.9 Å². The van der Waals surface area contributed by atoms with Gasteiger partial charge in [0.2, 0.25) is 0 Å². The van der Waals surface area contributed by atoms with E-state index in [1.807, 2.05) is 6.92 Å². The number of H-pyrrole nitrogens is 1. The summed E-state index contributed by atoms with van der Waals surface area (Å²) in [5.41, 5.74) is 2.74. The Morgan fingerprint density at radius 1 is 1.10 bits per heavy atom. The van der Waals surface area contributed by atoms with Gasteiger partial charge in [0.1, 0.15) is 0 Å². The summed E-state index contributed by atoms with van der Waals surface area (Å²) >= 11 is 3.38. The number of carbonyl (C=O) groups excluding carboxylic acids is 1. The van der Waals surface area contributed by atoms with E-state index in [0.29, 0.717) is 21.3 Å². The number of carbonyl (C=O) groups is 1. The molecule has 3 aromatic carbocycles. The van der Waals surface area contributed by atoms with Gasteiger partial charge in [-0.3, -0.25) is 9.78 Å². The first-order chi connectivity index (χ1) is 14.6. The SMILES string of the molecule is Cc1ccc(NC(=O)c2cccc(C(F)(F)F)c2)cc1-c1cc(Br)c2oc(=O)[nH]c2c1. The van der Waals surface area contributed by atoms with E-state index in [-0.39, 0.29) is 5.56 Å². The highest BCUT2D eigenvalue weighted by Gasteiger charge is 2.30. The average Bonchev–Trinajstić information content (AvgIpc) is 3.09. The van der Waals surface area contributed by atoms with Gasteiger partial charge in [-0.15, -0.1) is 0 Å². The van der Waals surface area contributed by atoms with Crippen molar-refractivity contribution in [3.05, 3.63) is 86.3 Å². The molecule has 158 valence electrons.